The summed E-state index contributed by atoms with van der Waals surface area (Å²) in [5, 5.41) is 15.6. The highest BCUT2D eigenvalue weighted by atomic mass is 32.2. The Bertz CT molecular complexity index is 1400. The molecule has 13 nitrogen and oxygen atoms in total. The minimum absolute atomic E-state index is 0.0875. The van der Waals surface area contributed by atoms with E-state index >= 15 is 0 Å². The van der Waals surface area contributed by atoms with Crippen molar-refractivity contribution in [3.05, 3.63) is 72.4 Å². The average Bonchev–Trinajstić information content (AvgIpc) is 3.03. The molecule has 4 bridgehead atoms. The van der Waals surface area contributed by atoms with E-state index in [1.807, 2.05) is 13.8 Å². The van der Waals surface area contributed by atoms with Crippen LogP contribution in [-0.4, -0.2) is 94.2 Å². The number of carbonyl (C=O) groups excluding carboxylic acids is 1. The third-order valence-electron chi connectivity index (χ3n) is 6.41. The summed E-state index contributed by atoms with van der Waals surface area (Å²) in [5.74, 6) is -1.54. The van der Waals surface area contributed by atoms with Crippen LogP contribution in [0.4, 0.5) is 5.82 Å². The van der Waals surface area contributed by atoms with Gasteiger partial charge in [0.15, 0.2) is 11.5 Å². The smallest absolute Gasteiger partial charge is 0.324 e. The summed E-state index contributed by atoms with van der Waals surface area (Å²) in [6.07, 6.45) is 2.85. The molecule has 0 saturated carbocycles. The van der Waals surface area contributed by atoms with E-state index in [0.717, 1.165) is 0 Å². The number of hydrogen-bond acceptors (Lipinski definition) is 10. The molecule has 0 saturated heterocycles. The normalized spacial score (nSPS) is 19.0. The summed E-state index contributed by atoms with van der Waals surface area (Å²) in [6.45, 7) is 16.2. The van der Waals surface area contributed by atoms with E-state index in [-0.39, 0.29) is 56.8 Å². The van der Waals surface area contributed by atoms with Crippen molar-refractivity contribution in [2.24, 2.45) is 0 Å². The lowest BCUT2D eigenvalue weighted by Crippen LogP contribution is -2.52. The number of anilines is 1. The summed E-state index contributed by atoms with van der Waals surface area (Å²) >= 11 is 0. The van der Waals surface area contributed by atoms with E-state index in [1.54, 1.807) is 31.3 Å². The third-order valence-corrected chi connectivity index (χ3v) is 8.12. The van der Waals surface area contributed by atoms with Gasteiger partial charge in [-0.25, -0.2) is 18.5 Å². The molecule has 246 valence electrons. The first-order chi connectivity index (χ1) is 21.5. The molecule has 1 aromatic carbocycles. The van der Waals surface area contributed by atoms with E-state index in [2.05, 4.69) is 33.8 Å². The number of allylic oxidation sites excluding steroid dienone is 1. The number of amides is 1. The van der Waals surface area contributed by atoms with Gasteiger partial charge in [0, 0.05) is 24.2 Å². The third kappa shape index (κ3) is 10.0. The molecular weight excluding hydrogens is 600 g/mol. The van der Waals surface area contributed by atoms with E-state index in [1.165, 1.54) is 30.4 Å². The van der Waals surface area contributed by atoms with Crippen LogP contribution in [0.1, 0.15) is 38.2 Å². The molecule has 1 amide bonds. The summed E-state index contributed by atoms with van der Waals surface area (Å²) < 4.78 is 32.1. The summed E-state index contributed by atoms with van der Waals surface area (Å²) in [6, 6.07) is 6.52. The van der Waals surface area contributed by atoms with Gasteiger partial charge in [-0.1, -0.05) is 39.1 Å². The number of ether oxygens (including phenoxy) is 3. The fourth-order valence-corrected chi connectivity index (χ4v) is 5.32. The van der Waals surface area contributed by atoms with Gasteiger partial charge >= 0.3 is 5.97 Å². The van der Waals surface area contributed by atoms with Crippen molar-refractivity contribution in [3.8, 4) is 11.3 Å². The molecule has 0 aliphatic carbocycles. The molecule has 1 aromatic heterocycles. The summed E-state index contributed by atoms with van der Waals surface area (Å²) in [5.41, 5.74) is 6.19. The Labute approximate surface area is 267 Å². The molecule has 2 aliphatic rings. The number of fused-ring (bicyclic) bond motifs is 15. The molecule has 2 aliphatic heterocycles. The van der Waals surface area contributed by atoms with E-state index in [9.17, 15) is 18.9 Å². The number of aliphatic carboxylic acids is 1. The van der Waals surface area contributed by atoms with Crippen LogP contribution >= 0.6 is 0 Å². The van der Waals surface area contributed by atoms with Gasteiger partial charge in [-0.3, -0.25) is 9.59 Å². The maximum atomic E-state index is 13.5. The van der Waals surface area contributed by atoms with Gasteiger partial charge in [0.25, 0.3) is 5.91 Å². The molecule has 0 radical (unpaired) electrons. The molecule has 0 fully saturated rings. The Kier molecular flexibility index (Phi) is 15.0. The summed E-state index contributed by atoms with van der Waals surface area (Å²) in [4.78, 5) is 34.3. The zero-order chi connectivity index (χ0) is 33.6. The topological polar surface area (TPSA) is 178 Å². The Balaban J connectivity index is 0.00000345. The van der Waals surface area contributed by atoms with Gasteiger partial charge in [-0.2, -0.15) is 0 Å². The zero-order valence-electron chi connectivity index (χ0n) is 26.6. The van der Waals surface area contributed by atoms with Crippen molar-refractivity contribution in [2.75, 3.05) is 58.9 Å². The molecule has 45 heavy (non-hydrogen) atoms. The summed E-state index contributed by atoms with van der Waals surface area (Å²) in [7, 11) is -0.0774. The molecule has 14 heteroatoms. The second-order valence-electron chi connectivity index (χ2n) is 9.84. The lowest BCUT2D eigenvalue weighted by Gasteiger charge is -2.33. The van der Waals surface area contributed by atoms with Gasteiger partial charge in [-0.05, 0) is 39.1 Å². The Morgan fingerprint density at radius 1 is 1.18 bits per heavy atom. The second-order valence-corrected chi connectivity index (χ2v) is 11.2. The van der Waals surface area contributed by atoms with Crippen molar-refractivity contribution < 1.29 is 33.1 Å². The predicted molar refractivity (Wildman–Crippen MR) is 173 cm³/mol. The number of nitrogens with two attached hydrogens (primary N) is 1. The number of carboxylic acid groups (broad SMARTS) is 1. The first-order valence-electron chi connectivity index (χ1n) is 14.5. The number of likely N-dealkylation sites (N-methyl/N-ethyl adjacent to an activating group) is 1. The minimum Gasteiger partial charge on any atom is -0.489 e. The van der Waals surface area contributed by atoms with Gasteiger partial charge in [0.1, 0.15) is 28.9 Å². The highest BCUT2D eigenvalue weighted by Gasteiger charge is 2.38. The van der Waals surface area contributed by atoms with E-state index in [4.69, 9.17) is 19.9 Å². The molecule has 2 aromatic rings. The maximum Gasteiger partial charge on any atom is 0.324 e. The number of nitrogen functional groups attached to an aromatic ring is 1. The van der Waals surface area contributed by atoms with E-state index in [0.29, 0.717) is 34.0 Å². The largest absolute Gasteiger partial charge is 0.489 e. The molecule has 4 rings (SSSR count). The molecule has 5 N–H and O–H groups in total. The van der Waals surface area contributed by atoms with Gasteiger partial charge < -0.3 is 35.7 Å². The SMILES string of the molecule is C=C/C1=C(\C(=C)CNC)OCCOCCOCCN(C(C)(C)C(=O)O)S(=O)c2ccc(cc2)-c2cnc(N)c(n2)C(=O)N1.CC. The van der Waals surface area contributed by atoms with Crippen LogP contribution in [0.2, 0.25) is 0 Å². The number of carbonyl (C=O) groups is 2. The van der Waals surface area contributed by atoms with Crippen LogP contribution in [0.3, 0.4) is 0 Å². The Hall–Kier alpha value is -3.95. The maximum absolute atomic E-state index is 13.5. The van der Waals surface area contributed by atoms with Crippen LogP contribution < -0.4 is 16.4 Å². The number of rotatable bonds is 6. The number of nitrogens with one attached hydrogen (secondary N) is 2. The molecule has 3 heterocycles. The average molecular weight is 645 g/mol. The van der Waals surface area contributed by atoms with Crippen LogP contribution in [0.25, 0.3) is 11.3 Å². The van der Waals surface area contributed by atoms with Crippen molar-refractivity contribution in [2.45, 2.75) is 38.1 Å². The number of carboxylic acids is 1. The van der Waals surface area contributed by atoms with Crippen LogP contribution in [0.15, 0.2) is 71.6 Å². The lowest BCUT2D eigenvalue weighted by atomic mass is 10.1. The van der Waals surface area contributed by atoms with Crippen molar-refractivity contribution in [3.63, 3.8) is 0 Å². The fourth-order valence-electron chi connectivity index (χ4n) is 3.97. The molecular formula is C31H44N6O7S. The van der Waals surface area contributed by atoms with Crippen molar-refractivity contribution in [1.82, 2.24) is 24.9 Å². The Morgan fingerprint density at radius 2 is 1.80 bits per heavy atom. The number of hydrogen-bond donors (Lipinski definition) is 4. The van der Waals surface area contributed by atoms with Gasteiger partial charge in [0.05, 0.1) is 48.9 Å². The first kappa shape index (κ1) is 37.2. The number of nitrogens with zero attached hydrogens (tertiary/aromatic N) is 3. The zero-order valence-corrected chi connectivity index (χ0v) is 27.4. The highest BCUT2D eigenvalue weighted by Crippen LogP contribution is 2.25. The molecule has 1 unspecified atom stereocenters. The van der Waals surface area contributed by atoms with Gasteiger partial charge in [0.2, 0.25) is 0 Å². The monoisotopic (exact) mass is 644 g/mol. The van der Waals surface area contributed by atoms with Crippen LogP contribution in [0, 0.1) is 0 Å². The van der Waals surface area contributed by atoms with E-state index < -0.39 is 28.4 Å². The van der Waals surface area contributed by atoms with Crippen molar-refractivity contribution >= 4 is 28.7 Å². The first-order valence-corrected chi connectivity index (χ1v) is 15.6. The molecule has 1 atom stereocenters. The lowest BCUT2D eigenvalue weighted by molar-refractivity contribution is -0.146. The standard InChI is InChI=1S/C29H38N6O7S.C2H6/c1-6-22-25(19(2)17-31-5)42-16-15-41-14-13-40-12-11-35(29(3,4)28(37)38)43(39)21-9-7-20(8-10-21)23-18-32-26(30)24(33-23)27(36)34-22;1-2/h6-10,18,31H,1-2,11-17H2,3-5H3,(H2,30,32)(H,34,36)(H,37,38);1-2H3/b25-22-;. The molecule has 0 spiro atoms. The number of benzene rings is 1. The predicted octanol–water partition coefficient (Wildman–Crippen LogP) is 2.91. The van der Waals surface area contributed by atoms with Crippen LogP contribution in [0.5, 0.6) is 0 Å². The highest BCUT2D eigenvalue weighted by molar-refractivity contribution is 7.82. The van der Waals surface area contributed by atoms with Crippen LogP contribution in [-0.2, 0) is 30.0 Å². The van der Waals surface area contributed by atoms with Gasteiger partial charge in [-0.15, -0.1) is 0 Å². The van der Waals surface area contributed by atoms with Crippen molar-refractivity contribution in [1.29, 1.82) is 0 Å². The quantitative estimate of drug-likeness (QED) is 0.340. The Morgan fingerprint density at radius 3 is 2.40 bits per heavy atom. The number of aromatic nitrogens is 2. The fraction of sp³-hybridized carbons (Fsp3) is 0.419. The minimum atomic E-state index is -1.83. The second kappa shape index (κ2) is 18.1.